The number of amides is 1. The Morgan fingerprint density at radius 3 is 3.00 bits per heavy atom. The Balaban J connectivity index is 1.93. The van der Waals surface area contributed by atoms with Crippen LogP contribution in [0.4, 0.5) is 10.1 Å². The van der Waals surface area contributed by atoms with E-state index in [4.69, 9.17) is 17.3 Å². The zero-order valence-electron chi connectivity index (χ0n) is 11.9. The summed E-state index contributed by atoms with van der Waals surface area (Å²) in [5.41, 5.74) is 6.07. The van der Waals surface area contributed by atoms with Gasteiger partial charge in [0.25, 0.3) is 0 Å². The van der Waals surface area contributed by atoms with Crippen LogP contribution in [-0.2, 0) is 4.79 Å². The summed E-state index contributed by atoms with van der Waals surface area (Å²) in [5, 5.41) is 2.95. The standard InChI is InChI=1S/C15H21ClFN3O/c16-13-9-11(17)4-5-14(13)19-15(21)10-20-8-2-1-3-12(20)6-7-18/h4-5,9,12H,1-3,6-8,10,18H2,(H,19,21). The number of hydrogen-bond donors (Lipinski definition) is 2. The molecule has 0 spiro atoms. The molecule has 1 aliphatic rings. The zero-order chi connectivity index (χ0) is 15.2. The van der Waals surface area contributed by atoms with Crippen LogP contribution in [0.25, 0.3) is 0 Å². The van der Waals surface area contributed by atoms with E-state index in [0.29, 0.717) is 24.8 Å². The van der Waals surface area contributed by atoms with Gasteiger partial charge in [-0.05, 0) is 50.6 Å². The molecule has 1 aromatic rings. The summed E-state index contributed by atoms with van der Waals surface area (Å²) in [4.78, 5) is 14.3. The first-order chi connectivity index (χ1) is 10.1. The number of nitrogens with two attached hydrogens (primary N) is 1. The van der Waals surface area contributed by atoms with Gasteiger partial charge in [0, 0.05) is 6.04 Å². The van der Waals surface area contributed by atoms with Crippen LogP contribution in [0.15, 0.2) is 18.2 Å². The van der Waals surface area contributed by atoms with Gasteiger partial charge in [-0.25, -0.2) is 4.39 Å². The minimum absolute atomic E-state index is 0.132. The lowest BCUT2D eigenvalue weighted by atomic mass is 9.99. The molecular formula is C15H21ClFN3O. The fraction of sp³-hybridized carbons (Fsp3) is 0.533. The molecule has 3 N–H and O–H groups in total. The lowest BCUT2D eigenvalue weighted by Crippen LogP contribution is -2.44. The molecular weight excluding hydrogens is 293 g/mol. The molecule has 0 bridgehead atoms. The topological polar surface area (TPSA) is 58.4 Å². The van der Waals surface area contributed by atoms with Crippen LogP contribution in [0.2, 0.25) is 5.02 Å². The molecule has 0 saturated carbocycles. The van der Waals surface area contributed by atoms with Crippen molar-refractivity contribution in [3.63, 3.8) is 0 Å². The molecule has 4 nitrogen and oxygen atoms in total. The molecule has 6 heteroatoms. The average molecular weight is 314 g/mol. The number of carbonyl (C=O) groups excluding carboxylic acids is 1. The van der Waals surface area contributed by atoms with E-state index in [-0.39, 0.29) is 10.9 Å². The Hall–Kier alpha value is -1.17. The molecule has 116 valence electrons. The second-order valence-corrected chi connectivity index (χ2v) is 5.78. The smallest absolute Gasteiger partial charge is 0.238 e. The van der Waals surface area contributed by atoms with E-state index >= 15 is 0 Å². The van der Waals surface area contributed by atoms with E-state index in [1.54, 1.807) is 0 Å². The van der Waals surface area contributed by atoms with E-state index in [9.17, 15) is 9.18 Å². The molecule has 1 saturated heterocycles. The summed E-state index contributed by atoms with van der Waals surface area (Å²) in [5.74, 6) is -0.551. The van der Waals surface area contributed by atoms with Gasteiger partial charge in [0.1, 0.15) is 5.82 Å². The SMILES string of the molecule is NCCC1CCCCN1CC(=O)Nc1ccc(F)cc1Cl. The number of carbonyl (C=O) groups is 1. The lowest BCUT2D eigenvalue weighted by Gasteiger charge is -2.35. The van der Waals surface area contributed by atoms with Crippen LogP contribution in [0.5, 0.6) is 0 Å². The third-order valence-electron chi connectivity index (χ3n) is 3.80. The minimum atomic E-state index is -0.419. The summed E-state index contributed by atoms with van der Waals surface area (Å²) in [6, 6.07) is 4.32. The second-order valence-electron chi connectivity index (χ2n) is 5.37. The summed E-state index contributed by atoms with van der Waals surface area (Å²) >= 11 is 5.91. The van der Waals surface area contributed by atoms with Crippen molar-refractivity contribution < 1.29 is 9.18 Å². The van der Waals surface area contributed by atoms with E-state index in [1.807, 2.05) is 0 Å². The second kappa shape index (κ2) is 7.73. The molecule has 0 aliphatic carbocycles. The monoisotopic (exact) mass is 313 g/mol. The van der Waals surface area contributed by atoms with Crippen molar-refractivity contribution in [1.82, 2.24) is 4.90 Å². The van der Waals surface area contributed by atoms with E-state index in [2.05, 4.69) is 10.2 Å². The van der Waals surface area contributed by atoms with Gasteiger partial charge >= 0.3 is 0 Å². The number of piperidine rings is 1. The Labute approximate surface area is 129 Å². The maximum atomic E-state index is 13.0. The number of anilines is 1. The molecule has 1 aromatic carbocycles. The van der Waals surface area contributed by atoms with Gasteiger partial charge in [-0.1, -0.05) is 18.0 Å². The maximum absolute atomic E-state index is 13.0. The normalized spacial score (nSPS) is 19.5. The molecule has 1 fully saturated rings. The molecule has 1 unspecified atom stereocenters. The highest BCUT2D eigenvalue weighted by molar-refractivity contribution is 6.33. The van der Waals surface area contributed by atoms with Crippen molar-refractivity contribution in [2.75, 3.05) is 25.0 Å². The predicted octanol–water partition coefficient (Wildman–Crippen LogP) is 2.62. The summed E-state index contributed by atoms with van der Waals surface area (Å²) in [7, 11) is 0. The summed E-state index contributed by atoms with van der Waals surface area (Å²) < 4.78 is 13.0. The lowest BCUT2D eigenvalue weighted by molar-refractivity contribution is -0.118. The quantitative estimate of drug-likeness (QED) is 0.878. The zero-order valence-corrected chi connectivity index (χ0v) is 12.7. The van der Waals surface area contributed by atoms with Crippen LogP contribution in [-0.4, -0.2) is 36.5 Å². The average Bonchev–Trinajstić information content (AvgIpc) is 2.44. The number of hydrogen-bond acceptors (Lipinski definition) is 3. The van der Waals surface area contributed by atoms with Gasteiger partial charge in [-0.15, -0.1) is 0 Å². The first-order valence-electron chi connectivity index (χ1n) is 7.29. The van der Waals surface area contributed by atoms with E-state index in [0.717, 1.165) is 25.8 Å². The Morgan fingerprint density at radius 1 is 1.48 bits per heavy atom. The van der Waals surface area contributed by atoms with Crippen molar-refractivity contribution in [1.29, 1.82) is 0 Å². The maximum Gasteiger partial charge on any atom is 0.238 e. The van der Waals surface area contributed by atoms with Gasteiger partial charge in [0.05, 0.1) is 17.3 Å². The molecule has 0 radical (unpaired) electrons. The number of nitrogens with one attached hydrogen (secondary N) is 1. The predicted molar refractivity (Wildman–Crippen MR) is 82.9 cm³/mol. The molecule has 1 atom stereocenters. The van der Waals surface area contributed by atoms with E-state index < -0.39 is 5.82 Å². The van der Waals surface area contributed by atoms with Gasteiger partial charge in [0.2, 0.25) is 5.91 Å². The highest BCUT2D eigenvalue weighted by Crippen LogP contribution is 2.23. The number of likely N-dealkylation sites (tertiary alicyclic amines) is 1. The van der Waals surface area contributed by atoms with Gasteiger partial charge in [-0.2, -0.15) is 0 Å². The fourth-order valence-corrected chi connectivity index (χ4v) is 2.97. The highest BCUT2D eigenvalue weighted by atomic mass is 35.5. The van der Waals surface area contributed by atoms with Crippen molar-refractivity contribution in [3.05, 3.63) is 29.0 Å². The van der Waals surface area contributed by atoms with Crippen LogP contribution >= 0.6 is 11.6 Å². The van der Waals surface area contributed by atoms with Crippen LogP contribution in [0.1, 0.15) is 25.7 Å². The van der Waals surface area contributed by atoms with Crippen LogP contribution in [0, 0.1) is 5.82 Å². The number of nitrogens with zero attached hydrogens (tertiary/aromatic N) is 1. The van der Waals surface area contributed by atoms with Gasteiger partial charge in [-0.3, -0.25) is 9.69 Å². The van der Waals surface area contributed by atoms with Crippen molar-refractivity contribution in [3.8, 4) is 0 Å². The van der Waals surface area contributed by atoms with Gasteiger partial charge in [0.15, 0.2) is 0 Å². The molecule has 1 amide bonds. The molecule has 0 aromatic heterocycles. The van der Waals surface area contributed by atoms with Crippen molar-refractivity contribution in [2.24, 2.45) is 5.73 Å². The van der Waals surface area contributed by atoms with Crippen LogP contribution < -0.4 is 11.1 Å². The molecule has 1 heterocycles. The third-order valence-corrected chi connectivity index (χ3v) is 4.11. The largest absolute Gasteiger partial charge is 0.330 e. The minimum Gasteiger partial charge on any atom is -0.330 e. The number of rotatable bonds is 5. The van der Waals surface area contributed by atoms with Gasteiger partial charge < -0.3 is 11.1 Å². The Morgan fingerprint density at radius 2 is 2.29 bits per heavy atom. The molecule has 1 aliphatic heterocycles. The van der Waals surface area contributed by atoms with Crippen molar-refractivity contribution >= 4 is 23.2 Å². The van der Waals surface area contributed by atoms with Crippen LogP contribution in [0.3, 0.4) is 0 Å². The molecule has 21 heavy (non-hydrogen) atoms. The summed E-state index contributed by atoms with van der Waals surface area (Å²) in [6.07, 6.45) is 4.28. The molecule has 2 rings (SSSR count). The fourth-order valence-electron chi connectivity index (χ4n) is 2.75. The Kier molecular flexibility index (Phi) is 5.96. The van der Waals surface area contributed by atoms with Crippen molar-refractivity contribution in [2.45, 2.75) is 31.7 Å². The first-order valence-corrected chi connectivity index (χ1v) is 7.67. The first kappa shape index (κ1) is 16.2. The Bertz CT molecular complexity index is 496. The highest BCUT2D eigenvalue weighted by Gasteiger charge is 2.23. The van der Waals surface area contributed by atoms with E-state index in [1.165, 1.54) is 24.6 Å². The summed E-state index contributed by atoms with van der Waals surface area (Å²) in [6.45, 7) is 1.86. The number of benzene rings is 1. The third kappa shape index (κ3) is 4.66. The number of halogens is 2.